The highest BCUT2D eigenvalue weighted by Crippen LogP contribution is 2.52. The zero-order valence-electron chi connectivity index (χ0n) is 29.8. The number of likely N-dealkylation sites (tertiary alicyclic amines) is 1. The number of benzene rings is 1. The fourth-order valence-electron chi connectivity index (χ4n) is 7.72. The van der Waals surface area contributed by atoms with Crippen LogP contribution in [0, 0.1) is 17.8 Å². The highest BCUT2D eigenvalue weighted by Gasteiger charge is 2.61. The van der Waals surface area contributed by atoms with E-state index in [1.807, 2.05) is 6.92 Å². The maximum atomic E-state index is 14.3. The normalized spacial score (nSPS) is 27.5. The van der Waals surface area contributed by atoms with E-state index in [-0.39, 0.29) is 36.4 Å². The molecule has 0 spiro atoms. The zero-order chi connectivity index (χ0) is 37.8. The number of fused-ring (bicyclic) bond motifs is 2. The highest BCUT2D eigenvalue weighted by atomic mass is 35.5. The first-order chi connectivity index (χ1) is 25.3. The molecule has 8 atom stereocenters. The molecule has 53 heavy (non-hydrogen) atoms. The van der Waals surface area contributed by atoms with Gasteiger partial charge in [0, 0.05) is 24.9 Å². The first-order valence-electron chi connectivity index (χ1n) is 17.7. The van der Waals surface area contributed by atoms with E-state index in [0.29, 0.717) is 56.4 Å². The Bertz CT molecular complexity index is 1980. The number of carboxylic acid groups (broad SMARTS) is 1. The van der Waals surface area contributed by atoms with Crippen molar-refractivity contribution in [3.63, 3.8) is 0 Å². The standard InChI is InChI=1S/C36H42ClN7O8S/c1-6-20-14-36(20,33(47)48)41-31(45)24-12-22(15-44(24)32(46)29(17(2)3)40-35(49)52-21-10-18-9-19(18)11-21)51-26-13-27(53-34-42-38-16-43(34)4)39-30-23(26)7-8-25(50-5)28(30)37/h7-8,13,16,18-22,24,29H,2,6,9-12,14-15H2,1,3-5H3,(H,40,49)(H,41,45)(H,47,48)/t18-,19+,20-,21?,22-,24+,29+,36-/m1/s1. The van der Waals surface area contributed by atoms with Crippen LogP contribution in [0.1, 0.15) is 52.4 Å². The molecule has 1 unspecified atom stereocenters. The maximum absolute atomic E-state index is 14.3. The molecule has 1 aromatic carbocycles. The summed E-state index contributed by atoms with van der Waals surface area (Å²) in [5.41, 5.74) is -0.671. The summed E-state index contributed by atoms with van der Waals surface area (Å²) in [5, 5.41) is 25.5. The lowest BCUT2D eigenvalue weighted by Crippen LogP contribution is -2.56. The molecule has 3 amide bonds. The zero-order valence-corrected chi connectivity index (χ0v) is 31.4. The summed E-state index contributed by atoms with van der Waals surface area (Å²) in [6.07, 6.45) is 3.54. The number of halogens is 1. The van der Waals surface area contributed by atoms with Crippen molar-refractivity contribution in [2.24, 2.45) is 24.8 Å². The number of hydrogen-bond acceptors (Lipinski definition) is 11. The summed E-state index contributed by atoms with van der Waals surface area (Å²) in [7, 11) is 3.30. The first kappa shape index (κ1) is 36.8. The number of aromatic nitrogens is 4. The molecule has 1 saturated heterocycles. The van der Waals surface area contributed by atoms with Gasteiger partial charge in [0.05, 0.1) is 19.2 Å². The molecule has 7 rings (SSSR count). The van der Waals surface area contributed by atoms with Gasteiger partial charge < -0.3 is 39.4 Å². The number of pyridine rings is 1. The highest BCUT2D eigenvalue weighted by molar-refractivity contribution is 7.99. The maximum Gasteiger partial charge on any atom is 0.408 e. The predicted molar refractivity (Wildman–Crippen MR) is 193 cm³/mol. The Kier molecular flexibility index (Phi) is 9.95. The van der Waals surface area contributed by atoms with Crippen LogP contribution in [-0.4, -0.2) is 97.1 Å². The molecule has 1 aliphatic heterocycles. The number of amides is 3. The van der Waals surface area contributed by atoms with Crippen LogP contribution < -0.4 is 20.1 Å². The molecule has 282 valence electrons. The van der Waals surface area contributed by atoms with Crippen molar-refractivity contribution in [3.05, 3.63) is 41.7 Å². The van der Waals surface area contributed by atoms with Gasteiger partial charge in [-0.25, -0.2) is 14.6 Å². The van der Waals surface area contributed by atoms with E-state index >= 15 is 0 Å². The SMILES string of the molecule is C=C(C)[C@H](NC(=O)OC1C[C@@H]2C[C@@H]2C1)C(=O)N1C[C@H](Oc2cc(Sc3nncn3C)nc3c(Cl)c(OC)ccc23)C[C@H]1C(=O)N[C@]1(C(=O)O)C[C@H]1CC. The van der Waals surface area contributed by atoms with Gasteiger partial charge >= 0.3 is 12.1 Å². The van der Waals surface area contributed by atoms with E-state index in [4.69, 9.17) is 30.8 Å². The molecule has 3 heterocycles. The quantitative estimate of drug-likeness (QED) is 0.209. The molecular weight excluding hydrogens is 726 g/mol. The van der Waals surface area contributed by atoms with E-state index in [1.54, 1.807) is 43.1 Å². The van der Waals surface area contributed by atoms with Crippen molar-refractivity contribution < 1.29 is 38.5 Å². The number of nitrogens with one attached hydrogen (secondary N) is 2. The van der Waals surface area contributed by atoms with Gasteiger partial charge in [-0.05, 0) is 79.8 Å². The first-order valence-corrected chi connectivity index (χ1v) is 18.8. The van der Waals surface area contributed by atoms with Gasteiger partial charge in [0.1, 0.15) is 57.7 Å². The topological polar surface area (TPSA) is 187 Å². The Hall–Kier alpha value is -4.57. The van der Waals surface area contributed by atoms with Crippen LogP contribution in [0.5, 0.6) is 11.5 Å². The van der Waals surface area contributed by atoms with E-state index in [1.165, 1.54) is 23.8 Å². The van der Waals surface area contributed by atoms with Crippen LogP contribution in [-0.2, 0) is 26.2 Å². The molecule has 3 aliphatic carbocycles. The van der Waals surface area contributed by atoms with Crippen LogP contribution in [0.2, 0.25) is 5.02 Å². The molecule has 0 bridgehead atoms. The van der Waals surface area contributed by atoms with Gasteiger partial charge in [-0.3, -0.25) is 9.59 Å². The molecular formula is C36H42ClN7O8S. The lowest BCUT2D eigenvalue weighted by Gasteiger charge is -2.29. The largest absolute Gasteiger partial charge is 0.495 e. The van der Waals surface area contributed by atoms with Crippen molar-refractivity contribution in [2.75, 3.05) is 13.7 Å². The third kappa shape index (κ3) is 7.22. The number of nitrogens with zero attached hydrogens (tertiary/aromatic N) is 5. The number of rotatable bonds is 13. The third-order valence-electron chi connectivity index (χ3n) is 10.9. The number of methoxy groups -OCH3 is 1. The number of alkyl carbamates (subject to hydrolysis) is 1. The number of aliphatic carboxylic acids is 1. The van der Waals surface area contributed by atoms with Crippen LogP contribution in [0.3, 0.4) is 0 Å². The summed E-state index contributed by atoms with van der Waals surface area (Å²) in [6.45, 7) is 7.38. The number of carbonyl (C=O) groups is 4. The minimum Gasteiger partial charge on any atom is -0.495 e. The van der Waals surface area contributed by atoms with Gasteiger partial charge in [0.15, 0.2) is 5.16 Å². The summed E-state index contributed by atoms with van der Waals surface area (Å²) in [6, 6.07) is 2.86. The van der Waals surface area contributed by atoms with Gasteiger partial charge in [0.2, 0.25) is 11.8 Å². The van der Waals surface area contributed by atoms with Crippen LogP contribution in [0.15, 0.2) is 46.9 Å². The molecule has 2 aromatic heterocycles. The molecule has 0 radical (unpaired) electrons. The van der Waals surface area contributed by atoms with Crippen molar-refractivity contribution >= 4 is 58.1 Å². The minimum atomic E-state index is -1.42. The second-order valence-corrected chi connectivity index (χ2v) is 15.9. The molecule has 3 aromatic rings. The molecule has 3 N–H and O–H groups in total. The predicted octanol–water partition coefficient (Wildman–Crippen LogP) is 4.36. The molecule has 15 nitrogen and oxygen atoms in total. The smallest absolute Gasteiger partial charge is 0.408 e. The molecule has 3 saturated carbocycles. The average molecular weight is 768 g/mol. The number of aryl methyl sites for hydroxylation is 1. The number of carbonyl (C=O) groups excluding carboxylic acids is 3. The molecule has 4 fully saturated rings. The number of ether oxygens (including phenoxy) is 3. The monoisotopic (exact) mass is 767 g/mol. The van der Waals surface area contributed by atoms with E-state index in [0.717, 1.165) is 19.3 Å². The van der Waals surface area contributed by atoms with E-state index in [2.05, 4.69) is 27.4 Å². The van der Waals surface area contributed by atoms with Crippen LogP contribution in [0.25, 0.3) is 10.9 Å². The van der Waals surface area contributed by atoms with E-state index < -0.39 is 47.6 Å². The summed E-state index contributed by atoms with van der Waals surface area (Å²) >= 11 is 7.98. The summed E-state index contributed by atoms with van der Waals surface area (Å²) in [4.78, 5) is 59.8. The fraction of sp³-hybridized carbons (Fsp3) is 0.528. The Morgan fingerprint density at radius 1 is 1.15 bits per heavy atom. The Morgan fingerprint density at radius 2 is 1.91 bits per heavy atom. The van der Waals surface area contributed by atoms with Gasteiger partial charge in [0.25, 0.3) is 0 Å². The van der Waals surface area contributed by atoms with E-state index in [9.17, 15) is 24.3 Å². The second-order valence-electron chi connectivity index (χ2n) is 14.5. The average Bonchev–Trinajstić information content (AvgIpc) is 3.83. The Balaban J connectivity index is 1.17. The minimum absolute atomic E-state index is 0.0295. The Morgan fingerprint density at radius 3 is 2.53 bits per heavy atom. The van der Waals surface area contributed by atoms with Crippen molar-refractivity contribution in [2.45, 2.75) is 92.4 Å². The van der Waals surface area contributed by atoms with Gasteiger partial charge in [-0.2, -0.15) is 0 Å². The lowest BCUT2D eigenvalue weighted by molar-refractivity contribution is -0.145. The number of hydrogen-bond donors (Lipinski definition) is 3. The third-order valence-corrected chi connectivity index (χ3v) is 12.2. The fourth-order valence-corrected chi connectivity index (χ4v) is 8.77. The summed E-state index contributed by atoms with van der Waals surface area (Å²) in [5.74, 6) is -0.599. The van der Waals surface area contributed by atoms with Crippen molar-refractivity contribution in [1.29, 1.82) is 0 Å². The lowest BCUT2D eigenvalue weighted by atomic mass is 10.1. The van der Waals surface area contributed by atoms with Gasteiger partial charge in [-0.15, -0.1) is 10.2 Å². The Labute approximate surface area is 315 Å². The number of carboxylic acids is 1. The van der Waals surface area contributed by atoms with Crippen LogP contribution >= 0.6 is 23.4 Å². The van der Waals surface area contributed by atoms with Crippen molar-refractivity contribution in [1.82, 2.24) is 35.3 Å². The molecule has 17 heteroatoms. The van der Waals surface area contributed by atoms with Gasteiger partial charge in [-0.1, -0.05) is 31.5 Å². The molecule has 4 aliphatic rings. The second kappa shape index (κ2) is 14.3. The summed E-state index contributed by atoms with van der Waals surface area (Å²) < 4.78 is 19.4. The van der Waals surface area contributed by atoms with Crippen molar-refractivity contribution in [3.8, 4) is 11.5 Å². The van der Waals surface area contributed by atoms with Crippen LogP contribution in [0.4, 0.5) is 4.79 Å².